The van der Waals surface area contributed by atoms with Gasteiger partial charge in [0.25, 0.3) is 5.56 Å². The molecule has 1 amide bonds. The monoisotopic (exact) mass is 314 g/mol. The number of amides is 1. The van der Waals surface area contributed by atoms with E-state index in [4.69, 9.17) is 0 Å². The summed E-state index contributed by atoms with van der Waals surface area (Å²) in [6.45, 7) is 0. The topological polar surface area (TPSA) is 105 Å². The van der Waals surface area contributed by atoms with Gasteiger partial charge in [-0.2, -0.15) is 5.26 Å². The summed E-state index contributed by atoms with van der Waals surface area (Å²) >= 11 is 0. The Hall–Kier alpha value is -2.49. The van der Waals surface area contributed by atoms with Crippen LogP contribution in [0.2, 0.25) is 0 Å². The van der Waals surface area contributed by atoms with E-state index in [2.05, 4.69) is 16.4 Å². The normalized spacial score (nSPS) is 24.0. The van der Waals surface area contributed by atoms with Crippen molar-refractivity contribution >= 4 is 11.7 Å². The number of hydrogen-bond acceptors (Lipinski definition) is 5. The van der Waals surface area contributed by atoms with Gasteiger partial charge in [-0.1, -0.05) is 0 Å². The van der Waals surface area contributed by atoms with Crippen LogP contribution in [0.5, 0.6) is 0 Å². The van der Waals surface area contributed by atoms with E-state index in [0.717, 1.165) is 12.8 Å². The summed E-state index contributed by atoms with van der Waals surface area (Å²) in [4.78, 5) is 40.2. The number of hydrogen-bond donors (Lipinski definition) is 1. The van der Waals surface area contributed by atoms with Crippen LogP contribution in [-0.4, -0.2) is 27.3 Å². The third-order valence-corrected chi connectivity index (χ3v) is 4.64. The van der Waals surface area contributed by atoms with Gasteiger partial charge in [-0.05, 0) is 25.7 Å². The molecule has 0 unspecified atom stereocenters. The molecule has 0 saturated heterocycles. The molecule has 7 nitrogen and oxygen atoms in total. The van der Waals surface area contributed by atoms with Gasteiger partial charge >= 0.3 is 0 Å². The molecule has 1 N–H and O–H groups in total. The average molecular weight is 314 g/mol. The van der Waals surface area contributed by atoms with E-state index in [1.54, 1.807) is 0 Å². The number of rotatable bonds is 4. The van der Waals surface area contributed by atoms with Crippen LogP contribution in [-0.2, 0) is 16.0 Å². The molecule has 1 aromatic heterocycles. The molecule has 0 spiro atoms. The Bertz CT molecular complexity index is 734. The van der Waals surface area contributed by atoms with Crippen molar-refractivity contribution in [1.82, 2.24) is 14.9 Å². The number of nitriles is 1. The minimum atomic E-state index is -0.703. The summed E-state index contributed by atoms with van der Waals surface area (Å²) in [5.74, 6) is 0.277. The lowest BCUT2D eigenvalue weighted by Crippen LogP contribution is -2.41. The highest BCUT2D eigenvalue weighted by Crippen LogP contribution is 2.26. The zero-order valence-corrected chi connectivity index (χ0v) is 12.7. The fourth-order valence-electron chi connectivity index (χ4n) is 3.45. The Balaban J connectivity index is 1.69. The summed E-state index contributed by atoms with van der Waals surface area (Å²) < 4.78 is 1.39. The molecule has 1 saturated carbocycles. The highest BCUT2D eigenvalue weighted by molar-refractivity contribution is 5.83. The Kier molecular flexibility index (Phi) is 4.24. The lowest BCUT2D eigenvalue weighted by Gasteiger charge is -2.18. The highest BCUT2D eigenvalue weighted by atomic mass is 16.2. The zero-order chi connectivity index (χ0) is 16.4. The third-order valence-electron chi connectivity index (χ3n) is 4.64. The molecule has 23 heavy (non-hydrogen) atoms. The van der Waals surface area contributed by atoms with Crippen molar-refractivity contribution in [3.63, 3.8) is 0 Å². The van der Waals surface area contributed by atoms with E-state index in [-0.39, 0.29) is 23.2 Å². The predicted molar refractivity (Wildman–Crippen MR) is 80.4 cm³/mol. The van der Waals surface area contributed by atoms with Gasteiger partial charge in [-0.15, -0.1) is 0 Å². The van der Waals surface area contributed by atoms with Crippen molar-refractivity contribution in [3.8, 4) is 6.07 Å². The van der Waals surface area contributed by atoms with Crippen molar-refractivity contribution in [3.05, 3.63) is 28.4 Å². The Morgan fingerprint density at radius 3 is 2.96 bits per heavy atom. The minimum Gasteiger partial charge on any atom is -0.339 e. The molecular weight excluding hydrogens is 296 g/mol. The van der Waals surface area contributed by atoms with Crippen LogP contribution in [0.25, 0.3) is 0 Å². The van der Waals surface area contributed by atoms with Gasteiger partial charge in [0.2, 0.25) is 5.91 Å². The van der Waals surface area contributed by atoms with Crippen LogP contribution < -0.4 is 10.9 Å². The first-order valence-corrected chi connectivity index (χ1v) is 7.89. The van der Waals surface area contributed by atoms with Crippen molar-refractivity contribution in [2.45, 2.75) is 50.6 Å². The molecule has 1 aromatic rings. The number of aryl methyl sites for hydroxylation is 1. The molecule has 0 aromatic carbocycles. The van der Waals surface area contributed by atoms with E-state index in [9.17, 15) is 19.6 Å². The lowest BCUT2D eigenvalue weighted by molar-refractivity contribution is -0.125. The molecule has 1 aliphatic heterocycles. The molecule has 3 atom stereocenters. The Morgan fingerprint density at radius 2 is 2.26 bits per heavy atom. The summed E-state index contributed by atoms with van der Waals surface area (Å²) in [6, 6.07) is 2.06. The fraction of sp³-hybridized carbons (Fsp3) is 0.562. The number of aromatic nitrogens is 2. The average Bonchev–Trinajstić information content (AvgIpc) is 3.14. The molecule has 0 radical (unpaired) electrons. The molecule has 2 heterocycles. The summed E-state index contributed by atoms with van der Waals surface area (Å²) in [7, 11) is 0. The number of nitrogens with one attached hydrogen (secondary N) is 1. The second-order valence-corrected chi connectivity index (χ2v) is 6.11. The van der Waals surface area contributed by atoms with Gasteiger partial charge in [0, 0.05) is 31.0 Å². The molecule has 120 valence electrons. The van der Waals surface area contributed by atoms with Gasteiger partial charge in [-0.3, -0.25) is 19.0 Å². The van der Waals surface area contributed by atoms with Crippen molar-refractivity contribution in [2.75, 3.05) is 0 Å². The maximum atomic E-state index is 12.5. The number of carbonyl (C=O) groups is 2. The number of fused-ring (bicyclic) bond motifs is 1. The lowest BCUT2D eigenvalue weighted by atomic mass is 9.98. The van der Waals surface area contributed by atoms with Gasteiger partial charge in [0.05, 0.1) is 6.07 Å². The summed E-state index contributed by atoms with van der Waals surface area (Å²) in [6.07, 6.45) is 5.05. The summed E-state index contributed by atoms with van der Waals surface area (Å²) in [5, 5.41) is 11.9. The highest BCUT2D eigenvalue weighted by Gasteiger charge is 2.33. The molecule has 1 aliphatic carbocycles. The molecule has 1 fully saturated rings. The zero-order valence-electron chi connectivity index (χ0n) is 12.7. The quantitative estimate of drug-likeness (QED) is 0.871. The standard InChI is InChI=1S/C16H18N4O3/c17-9-11(8-10-2-1-3-13(10)21)19-16(23)12-4-5-14-18-7-6-15(22)20(12)14/h6-7,10-12H,1-5,8H2,(H,19,23)/t10-,11-,12-/m0/s1. The van der Waals surface area contributed by atoms with Crippen LogP contribution in [0.4, 0.5) is 0 Å². The third kappa shape index (κ3) is 3.02. The van der Waals surface area contributed by atoms with Gasteiger partial charge in [0.15, 0.2) is 0 Å². The molecule has 2 aliphatic rings. The smallest absolute Gasteiger partial charge is 0.254 e. The number of Topliss-reactive ketones (excluding diaryl/α,β-unsaturated/α-hetero) is 1. The van der Waals surface area contributed by atoms with Gasteiger partial charge in [0.1, 0.15) is 23.7 Å². The number of nitrogens with zero attached hydrogens (tertiary/aromatic N) is 3. The van der Waals surface area contributed by atoms with E-state index < -0.39 is 12.1 Å². The first-order chi connectivity index (χ1) is 11.1. The maximum Gasteiger partial charge on any atom is 0.254 e. The molecular formula is C16H18N4O3. The summed E-state index contributed by atoms with van der Waals surface area (Å²) in [5.41, 5.74) is -0.257. The molecule has 3 rings (SSSR count). The first kappa shape index (κ1) is 15.4. The van der Waals surface area contributed by atoms with Crippen LogP contribution >= 0.6 is 0 Å². The van der Waals surface area contributed by atoms with E-state index >= 15 is 0 Å². The van der Waals surface area contributed by atoms with Crippen LogP contribution in [0, 0.1) is 17.2 Å². The maximum absolute atomic E-state index is 12.5. The molecule has 0 bridgehead atoms. The van der Waals surface area contributed by atoms with Gasteiger partial charge < -0.3 is 5.32 Å². The van der Waals surface area contributed by atoms with Gasteiger partial charge in [-0.25, -0.2) is 4.98 Å². The minimum absolute atomic E-state index is 0.139. The van der Waals surface area contributed by atoms with Crippen LogP contribution in [0.15, 0.2) is 17.1 Å². The molecule has 7 heteroatoms. The van der Waals surface area contributed by atoms with E-state index in [1.165, 1.54) is 16.8 Å². The van der Waals surface area contributed by atoms with Crippen molar-refractivity contribution in [1.29, 1.82) is 5.26 Å². The number of ketones is 1. The largest absolute Gasteiger partial charge is 0.339 e. The second-order valence-electron chi connectivity index (χ2n) is 6.11. The van der Waals surface area contributed by atoms with E-state index in [0.29, 0.717) is 31.5 Å². The van der Waals surface area contributed by atoms with Crippen LogP contribution in [0.3, 0.4) is 0 Å². The van der Waals surface area contributed by atoms with Crippen LogP contribution in [0.1, 0.15) is 44.0 Å². The van der Waals surface area contributed by atoms with Crippen molar-refractivity contribution in [2.24, 2.45) is 5.92 Å². The number of carbonyl (C=O) groups excluding carboxylic acids is 2. The Labute approximate surface area is 133 Å². The van der Waals surface area contributed by atoms with Crippen molar-refractivity contribution < 1.29 is 9.59 Å². The Morgan fingerprint density at radius 1 is 1.43 bits per heavy atom. The first-order valence-electron chi connectivity index (χ1n) is 7.89. The predicted octanol–water partition coefficient (Wildman–Crippen LogP) is 0.498. The SMILES string of the molecule is N#C[C@H](C[C@@H]1CCCC1=O)NC(=O)[C@@H]1CCc2nccc(=O)n21. The van der Waals surface area contributed by atoms with E-state index in [1.807, 2.05) is 0 Å². The second kappa shape index (κ2) is 6.32. The fourth-order valence-corrected chi connectivity index (χ4v) is 3.45.